The Kier molecular flexibility index (Phi) is 5.78. The fraction of sp³-hybridized carbons (Fsp3) is 0.364. The second-order valence-electron chi connectivity index (χ2n) is 3.76. The monoisotopic (exact) mass is 289 g/mol. The number of carboxylic acids is 1. The predicted molar refractivity (Wildman–Crippen MR) is 64.9 cm³/mol. The molecular weight excluding hydrogens is 276 g/mol. The van der Waals surface area contributed by atoms with Gasteiger partial charge in [-0.1, -0.05) is 0 Å². The van der Waals surface area contributed by atoms with Crippen molar-refractivity contribution < 1.29 is 28.6 Å². The molecule has 9 heteroatoms. The minimum absolute atomic E-state index is 0.0621. The zero-order valence-corrected chi connectivity index (χ0v) is 10.3. The second-order valence-corrected chi connectivity index (χ2v) is 3.76. The summed E-state index contributed by atoms with van der Waals surface area (Å²) in [6.45, 7) is -1.56. The number of nitrogens with zero attached hydrogens (tertiary/aromatic N) is 2. The number of carbonyl (C=O) groups excluding carboxylic acids is 1. The Bertz CT molecular complexity index is 484. The lowest BCUT2D eigenvalue weighted by Gasteiger charge is -2.21. The van der Waals surface area contributed by atoms with Gasteiger partial charge in [0.2, 0.25) is 0 Å². The summed E-state index contributed by atoms with van der Waals surface area (Å²) >= 11 is 0. The Morgan fingerprint density at radius 1 is 1.40 bits per heavy atom. The highest BCUT2D eigenvalue weighted by Gasteiger charge is 2.18. The number of aliphatic hydroxyl groups excluding tert-OH is 1. The average Bonchev–Trinajstić information content (AvgIpc) is 2.38. The summed E-state index contributed by atoms with van der Waals surface area (Å²) in [4.78, 5) is 26.8. The normalized spacial score (nSPS) is 10.4. The zero-order valence-electron chi connectivity index (χ0n) is 10.3. The van der Waals surface area contributed by atoms with Gasteiger partial charge in [-0.25, -0.2) is 18.4 Å². The number of amides is 2. The first-order chi connectivity index (χ1) is 9.43. The number of halogens is 2. The third-order valence-corrected chi connectivity index (χ3v) is 2.25. The SMILES string of the molecule is O=C(O)c1cncc(NC(=O)N(CCO)CC(F)F)c1. The second kappa shape index (κ2) is 7.34. The lowest BCUT2D eigenvalue weighted by molar-refractivity contribution is 0.0696. The van der Waals surface area contributed by atoms with Crippen molar-refractivity contribution in [2.24, 2.45) is 0 Å². The first-order valence-electron chi connectivity index (χ1n) is 5.57. The fourth-order valence-corrected chi connectivity index (χ4v) is 1.39. The molecule has 20 heavy (non-hydrogen) atoms. The van der Waals surface area contributed by atoms with Gasteiger partial charge in [-0.2, -0.15) is 0 Å². The molecule has 0 radical (unpaired) electrons. The highest BCUT2D eigenvalue weighted by atomic mass is 19.3. The van der Waals surface area contributed by atoms with Gasteiger partial charge in [-0.3, -0.25) is 4.98 Å². The molecule has 0 aliphatic carbocycles. The molecular formula is C11H13F2N3O4. The summed E-state index contributed by atoms with van der Waals surface area (Å²) in [7, 11) is 0. The van der Waals surface area contributed by atoms with E-state index in [2.05, 4.69) is 10.3 Å². The van der Waals surface area contributed by atoms with Crippen molar-refractivity contribution in [1.82, 2.24) is 9.88 Å². The van der Waals surface area contributed by atoms with Gasteiger partial charge in [-0.15, -0.1) is 0 Å². The number of anilines is 1. The standard InChI is InChI=1S/C11H13F2N3O4/c12-9(13)6-16(1-2-17)11(20)15-8-3-7(10(18)19)4-14-5-8/h3-5,9,17H,1-2,6H2,(H,15,20)(H,18,19). The average molecular weight is 289 g/mol. The van der Waals surface area contributed by atoms with Crippen molar-refractivity contribution >= 4 is 17.7 Å². The van der Waals surface area contributed by atoms with Gasteiger partial charge in [0.25, 0.3) is 6.43 Å². The van der Waals surface area contributed by atoms with E-state index in [0.29, 0.717) is 0 Å². The summed E-state index contributed by atoms with van der Waals surface area (Å²) in [5.41, 5.74) is -0.0857. The molecule has 1 aromatic heterocycles. The Labute approximate surface area is 112 Å². The molecule has 110 valence electrons. The molecule has 7 nitrogen and oxygen atoms in total. The summed E-state index contributed by atoms with van der Waals surface area (Å²) in [6.07, 6.45) is -0.470. The highest BCUT2D eigenvalue weighted by molar-refractivity contribution is 5.92. The molecule has 0 fully saturated rings. The first kappa shape index (κ1) is 15.8. The van der Waals surface area contributed by atoms with Crippen LogP contribution in [0, 0.1) is 0 Å². The van der Waals surface area contributed by atoms with E-state index in [-0.39, 0.29) is 17.8 Å². The number of rotatable bonds is 6. The number of aliphatic hydroxyl groups is 1. The van der Waals surface area contributed by atoms with Crippen LogP contribution < -0.4 is 5.32 Å². The van der Waals surface area contributed by atoms with Gasteiger partial charge in [0, 0.05) is 12.7 Å². The van der Waals surface area contributed by atoms with Crippen molar-refractivity contribution in [2.75, 3.05) is 25.0 Å². The summed E-state index contributed by atoms with van der Waals surface area (Å²) in [5, 5.41) is 19.7. The molecule has 0 atom stereocenters. The van der Waals surface area contributed by atoms with E-state index in [9.17, 15) is 18.4 Å². The van der Waals surface area contributed by atoms with Crippen molar-refractivity contribution in [3.05, 3.63) is 24.0 Å². The molecule has 0 aromatic carbocycles. The van der Waals surface area contributed by atoms with E-state index >= 15 is 0 Å². The third kappa shape index (κ3) is 4.76. The molecule has 0 aliphatic heterocycles. The molecule has 0 saturated carbocycles. The number of aromatic nitrogens is 1. The van der Waals surface area contributed by atoms with E-state index < -0.39 is 31.6 Å². The lowest BCUT2D eigenvalue weighted by atomic mass is 10.2. The molecule has 3 N–H and O–H groups in total. The Morgan fingerprint density at radius 2 is 2.10 bits per heavy atom. The number of urea groups is 1. The lowest BCUT2D eigenvalue weighted by Crippen LogP contribution is -2.40. The number of carboxylic acid groups (broad SMARTS) is 1. The van der Waals surface area contributed by atoms with E-state index in [4.69, 9.17) is 10.2 Å². The molecule has 2 amide bonds. The number of aromatic carboxylic acids is 1. The van der Waals surface area contributed by atoms with Crippen LogP contribution in [0.5, 0.6) is 0 Å². The van der Waals surface area contributed by atoms with Crippen LogP contribution in [0.15, 0.2) is 18.5 Å². The van der Waals surface area contributed by atoms with E-state index in [0.717, 1.165) is 17.2 Å². The molecule has 0 spiro atoms. The number of hydrogen-bond acceptors (Lipinski definition) is 4. The number of hydrogen-bond donors (Lipinski definition) is 3. The van der Waals surface area contributed by atoms with Gasteiger partial charge >= 0.3 is 12.0 Å². The quantitative estimate of drug-likeness (QED) is 0.721. The molecule has 1 heterocycles. The number of pyridine rings is 1. The Balaban J connectivity index is 2.76. The minimum atomic E-state index is -2.74. The Hall–Kier alpha value is -2.29. The van der Waals surface area contributed by atoms with Crippen LogP contribution in [0.25, 0.3) is 0 Å². The molecule has 1 rings (SSSR count). The maximum Gasteiger partial charge on any atom is 0.337 e. The fourth-order valence-electron chi connectivity index (χ4n) is 1.39. The van der Waals surface area contributed by atoms with Crippen LogP contribution in [0.2, 0.25) is 0 Å². The van der Waals surface area contributed by atoms with Crippen molar-refractivity contribution in [2.45, 2.75) is 6.43 Å². The summed E-state index contributed by atoms with van der Waals surface area (Å²) in [6, 6.07) is 0.274. The molecule has 0 unspecified atom stereocenters. The maximum absolute atomic E-state index is 12.3. The number of nitrogens with one attached hydrogen (secondary N) is 1. The van der Waals surface area contributed by atoms with Gasteiger partial charge in [0.05, 0.1) is 30.6 Å². The summed E-state index contributed by atoms with van der Waals surface area (Å²) < 4.78 is 24.6. The van der Waals surface area contributed by atoms with Crippen LogP contribution in [-0.2, 0) is 0 Å². The molecule has 0 saturated heterocycles. The van der Waals surface area contributed by atoms with Crippen molar-refractivity contribution in [3.8, 4) is 0 Å². The highest BCUT2D eigenvalue weighted by Crippen LogP contribution is 2.10. The van der Waals surface area contributed by atoms with Crippen LogP contribution in [0.1, 0.15) is 10.4 Å². The topological polar surface area (TPSA) is 103 Å². The van der Waals surface area contributed by atoms with Crippen molar-refractivity contribution in [3.63, 3.8) is 0 Å². The molecule has 1 aromatic rings. The van der Waals surface area contributed by atoms with Gasteiger partial charge in [0.15, 0.2) is 0 Å². The maximum atomic E-state index is 12.3. The number of carbonyl (C=O) groups is 2. The third-order valence-electron chi connectivity index (χ3n) is 2.25. The largest absolute Gasteiger partial charge is 0.478 e. The van der Waals surface area contributed by atoms with Crippen LogP contribution in [0.4, 0.5) is 19.3 Å². The van der Waals surface area contributed by atoms with E-state index in [1.165, 1.54) is 6.20 Å². The number of alkyl halides is 2. The van der Waals surface area contributed by atoms with Gasteiger partial charge in [-0.05, 0) is 6.07 Å². The van der Waals surface area contributed by atoms with Crippen molar-refractivity contribution in [1.29, 1.82) is 0 Å². The van der Waals surface area contributed by atoms with Crippen LogP contribution in [-0.4, -0.2) is 58.2 Å². The summed E-state index contributed by atoms with van der Waals surface area (Å²) in [5.74, 6) is -1.23. The first-order valence-corrected chi connectivity index (χ1v) is 5.57. The van der Waals surface area contributed by atoms with E-state index in [1.807, 2.05) is 0 Å². The van der Waals surface area contributed by atoms with Gasteiger partial charge in [0.1, 0.15) is 0 Å². The smallest absolute Gasteiger partial charge is 0.337 e. The van der Waals surface area contributed by atoms with Crippen LogP contribution >= 0.6 is 0 Å². The Morgan fingerprint density at radius 3 is 2.65 bits per heavy atom. The van der Waals surface area contributed by atoms with E-state index in [1.54, 1.807) is 0 Å². The molecule has 0 bridgehead atoms. The van der Waals surface area contributed by atoms with Gasteiger partial charge < -0.3 is 20.4 Å². The minimum Gasteiger partial charge on any atom is -0.478 e. The van der Waals surface area contributed by atoms with Crippen LogP contribution in [0.3, 0.4) is 0 Å². The molecule has 0 aliphatic rings. The predicted octanol–water partition coefficient (Wildman–Crippen LogP) is 0.871. The zero-order chi connectivity index (χ0) is 15.1.